The van der Waals surface area contributed by atoms with Crippen LogP contribution in [0.2, 0.25) is 0 Å². The summed E-state index contributed by atoms with van der Waals surface area (Å²) in [6.07, 6.45) is -1.69. The molecule has 2 rings (SSSR count). The van der Waals surface area contributed by atoms with Gasteiger partial charge in [-0.25, -0.2) is 9.78 Å². The average molecular weight is 331 g/mol. The Kier molecular flexibility index (Phi) is 4.81. The fourth-order valence-electron chi connectivity index (χ4n) is 2.39. The third-order valence-electron chi connectivity index (χ3n) is 3.43. The van der Waals surface area contributed by atoms with E-state index < -0.39 is 17.5 Å². The van der Waals surface area contributed by atoms with Crippen LogP contribution in [-0.4, -0.2) is 39.7 Å². The van der Waals surface area contributed by atoms with Gasteiger partial charge in [0.25, 0.3) is 0 Å². The summed E-state index contributed by atoms with van der Waals surface area (Å²) in [4.78, 5) is 20.8. The SMILES string of the molecule is CC(C)(C)OC(=O)N1CCC(Cc2cnc(C(F)(F)F)cn2)C1. The maximum absolute atomic E-state index is 12.4. The molecule has 1 unspecified atom stereocenters. The minimum atomic E-state index is -4.48. The van der Waals surface area contributed by atoms with Gasteiger partial charge in [0.05, 0.1) is 11.9 Å². The van der Waals surface area contributed by atoms with Gasteiger partial charge in [-0.15, -0.1) is 0 Å². The molecule has 1 amide bonds. The van der Waals surface area contributed by atoms with Gasteiger partial charge in [0.1, 0.15) is 5.60 Å². The minimum absolute atomic E-state index is 0.147. The number of likely N-dealkylation sites (tertiary alicyclic amines) is 1. The van der Waals surface area contributed by atoms with E-state index in [1.54, 1.807) is 25.7 Å². The van der Waals surface area contributed by atoms with E-state index >= 15 is 0 Å². The van der Waals surface area contributed by atoms with E-state index in [0.717, 1.165) is 18.8 Å². The quantitative estimate of drug-likeness (QED) is 0.834. The van der Waals surface area contributed by atoms with Crippen LogP contribution in [0, 0.1) is 5.92 Å². The fraction of sp³-hybridized carbons (Fsp3) is 0.667. The Morgan fingerprint density at radius 1 is 1.30 bits per heavy atom. The maximum Gasteiger partial charge on any atom is 0.434 e. The summed E-state index contributed by atoms with van der Waals surface area (Å²) in [6, 6.07) is 0. The van der Waals surface area contributed by atoms with E-state index in [0.29, 0.717) is 25.2 Å². The van der Waals surface area contributed by atoms with E-state index in [1.165, 1.54) is 0 Å². The molecule has 0 saturated carbocycles. The predicted octanol–water partition coefficient (Wildman–Crippen LogP) is 3.29. The van der Waals surface area contributed by atoms with Crippen LogP contribution < -0.4 is 0 Å². The van der Waals surface area contributed by atoms with Crippen LogP contribution in [0.15, 0.2) is 12.4 Å². The van der Waals surface area contributed by atoms with Crippen LogP contribution in [-0.2, 0) is 17.3 Å². The van der Waals surface area contributed by atoms with Gasteiger partial charge in [0.2, 0.25) is 0 Å². The zero-order valence-electron chi connectivity index (χ0n) is 13.4. The van der Waals surface area contributed by atoms with E-state index in [1.807, 2.05) is 0 Å². The van der Waals surface area contributed by atoms with Crippen molar-refractivity contribution in [3.63, 3.8) is 0 Å². The molecule has 8 heteroatoms. The standard InChI is InChI=1S/C15H20F3N3O2/c1-14(2,3)23-13(22)21-5-4-10(9-21)6-11-7-20-12(8-19-11)15(16,17)18/h7-8,10H,4-6,9H2,1-3H3. The molecule has 1 atom stereocenters. The summed E-state index contributed by atoms with van der Waals surface area (Å²) in [5.41, 5.74) is -1.05. The first-order chi connectivity index (χ1) is 10.5. The summed E-state index contributed by atoms with van der Waals surface area (Å²) in [5, 5.41) is 0. The van der Waals surface area contributed by atoms with E-state index in [2.05, 4.69) is 9.97 Å². The number of alkyl halides is 3. The van der Waals surface area contributed by atoms with Gasteiger partial charge in [-0.05, 0) is 39.5 Å². The smallest absolute Gasteiger partial charge is 0.434 e. The molecule has 0 radical (unpaired) electrons. The highest BCUT2D eigenvalue weighted by Crippen LogP contribution is 2.27. The second-order valence-corrected chi connectivity index (χ2v) is 6.68. The van der Waals surface area contributed by atoms with Gasteiger partial charge in [-0.1, -0.05) is 0 Å². The minimum Gasteiger partial charge on any atom is -0.444 e. The molecule has 1 aromatic heterocycles. The summed E-state index contributed by atoms with van der Waals surface area (Å²) < 4.78 is 42.6. The van der Waals surface area contributed by atoms with Crippen LogP contribution in [0.1, 0.15) is 38.6 Å². The number of rotatable bonds is 2. The number of hydrogen-bond donors (Lipinski definition) is 0. The van der Waals surface area contributed by atoms with Crippen molar-refractivity contribution in [2.45, 2.75) is 45.4 Å². The molecule has 0 spiro atoms. The molecule has 1 aliphatic heterocycles. The highest BCUT2D eigenvalue weighted by atomic mass is 19.4. The molecule has 0 aromatic carbocycles. The van der Waals surface area contributed by atoms with Gasteiger partial charge in [0, 0.05) is 19.3 Å². The number of amides is 1. The third kappa shape index (κ3) is 5.07. The monoisotopic (exact) mass is 331 g/mol. The molecule has 2 heterocycles. The van der Waals surface area contributed by atoms with Gasteiger partial charge in [-0.3, -0.25) is 4.98 Å². The first kappa shape index (κ1) is 17.5. The van der Waals surface area contributed by atoms with Crippen molar-refractivity contribution in [1.29, 1.82) is 0 Å². The predicted molar refractivity (Wildman–Crippen MR) is 76.7 cm³/mol. The number of hydrogen-bond acceptors (Lipinski definition) is 4. The molecule has 5 nitrogen and oxygen atoms in total. The molecule has 1 saturated heterocycles. The van der Waals surface area contributed by atoms with Gasteiger partial charge in [-0.2, -0.15) is 13.2 Å². The molecule has 0 bridgehead atoms. The Bertz CT molecular complexity index is 553. The van der Waals surface area contributed by atoms with Crippen LogP contribution >= 0.6 is 0 Å². The Balaban J connectivity index is 1.89. The normalized spacial score (nSPS) is 19.0. The largest absolute Gasteiger partial charge is 0.444 e. The Labute approximate surface area is 132 Å². The number of aromatic nitrogens is 2. The molecule has 1 aromatic rings. The average Bonchev–Trinajstić information content (AvgIpc) is 2.85. The van der Waals surface area contributed by atoms with Crippen LogP contribution in [0.5, 0.6) is 0 Å². The van der Waals surface area contributed by atoms with E-state index in [-0.39, 0.29) is 12.0 Å². The number of carbonyl (C=O) groups excluding carboxylic acids is 1. The van der Waals surface area contributed by atoms with Crippen LogP contribution in [0.3, 0.4) is 0 Å². The molecule has 128 valence electrons. The van der Waals surface area contributed by atoms with Crippen molar-refractivity contribution < 1.29 is 22.7 Å². The zero-order chi connectivity index (χ0) is 17.3. The van der Waals surface area contributed by atoms with Crippen molar-refractivity contribution in [3.05, 3.63) is 23.8 Å². The Hall–Kier alpha value is -1.86. The number of ether oxygens (including phenoxy) is 1. The van der Waals surface area contributed by atoms with Crippen molar-refractivity contribution >= 4 is 6.09 Å². The topological polar surface area (TPSA) is 55.3 Å². The molecular weight excluding hydrogens is 311 g/mol. The molecule has 1 aliphatic rings. The lowest BCUT2D eigenvalue weighted by molar-refractivity contribution is -0.141. The Morgan fingerprint density at radius 3 is 2.52 bits per heavy atom. The summed E-state index contributed by atoms with van der Waals surface area (Å²) in [5.74, 6) is 0.147. The molecular formula is C15H20F3N3O2. The van der Waals surface area contributed by atoms with Crippen LogP contribution in [0.25, 0.3) is 0 Å². The van der Waals surface area contributed by atoms with Gasteiger partial charge in [0.15, 0.2) is 5.69 Å². The van der Waals surface area contributed by atoms with E-state index in [9.17, 15) is 18.0 Å². The molecule has 23 heavy (non-hydrogen) atoms. The first-order valence-electron chi connectivity index (χ1n) is 7.40. The van der Waals surface area contributed by atoms with Crippen molar-refractivity contribution in [1.82, 2.24) is 14.9 Å². The van der Waals surface area contributed by atoms with Crippen LogP contribution in [0.4, 0.5) is 18.0 Å². The Morgan fingerprint density at radius 2 is 2.00 bits per heavy atom. The summed E-state index contributed by atoms with van der Waals surface area (Å²) in [7, 11) is 0. The highest BCUT2D eigenvalue weighted by molar-refractivity contribution is 5.68. The van der Waals surface area contributed by atoms with Crippen molar-refractivity contribution in [2.75, 3.05) is 13.1 Å². The lowest BCUT2D eigenvalue weighted by Crippen LogP contribution is -2.35. The number of halogens is 3. The fourth-order valence-corrected chi connectivity index (χ4v) is 2.39. The zero-order valence-corrected chi connectivity index (χ0v) is 13.4. The van der Waals surface area contributed by atoms with Crippen molar-refractivity contribution in [3.8, 4) is 0 Å². The van der Waals surface area contributed by atoms with Crippen molar-refractivity contribution in [2.24, 2.45) is 5.92 Å². The van der Waals surface area contributed by atoms with E-state index in [4.69, 9.17) is 4.74 Å². The lowest BCUT2D eigenvalue weighted by Gasteiger charge is -2.24. The summed E-state index contributed by atoms with van der Waals surface area (Å²) in [6.45, 7) is 6.49. The van der Waals surface area contributed by atoms with Gasteiger partial charge < -0.3 is 9.64 Å². The molecule has 0 aliphatic carbocycles. The number of nitrogens with zero attached hydrogens (tertiary/aromatic N) is 3. The molecule has 1 fully saturated rings. The lowest BCUT2D eigenvalue weighted by atomic mass is 10.0. The molecule has 0 N–H and O–H groups in total. The second kappa shape index (κ2) is 6.33. The second-order valence-electron chi connectivity index (χ2n) is 6.68. The maximum atomic E-state index is 12.4. The summed E-state index contributed by atoms with van der Waals surface area (Å²) >= 11 is 0. The van der Waals surface area contributed by atoms with Gasteiger partial charge >= 0.3 is 12.3 Å². The highest BCUT2D eigenvalue weighted by Gasteiger charge is 2.33. The number of carbonyl (C=O) groups is 1. The third-order valence-corrected chi connectivity index (χ3v) is 3.43. The first-order valence-corrected chi connectivity index (χ1v) is 7.40.